The minimum absolute atomic E-state index is 0.355. The van der Waals surface area contributed by atoms with Crippen LogP contribution in [0.1, 0.15) is 24.1 Å². The van der Waals surface area contributed by atoms with Gasteiger partial charge in [0, 0.05) is 17.1 Å². The van der Waals surface area contributed by atoms with Crippen LogP contribution in [-0.4, -0.2) is 6.54 Å². The quantitative estimate of drug-likeness (QED) is 0.834. The molecule has 1 N–H and O–H groups in total. The predicted octanol–water partition coefficient (Wildman–Crippen LogP) is 4.81. The molecule has 0 aliphatic rings. The van der Waals surface area contributed by atoms with Crippen LogP contribution in [0.25, 0.3) is 6.08 Å². The third kappa shape index (κ3) is 4.66. The summed E-state index contributed by atoms with van der Waals surface area (Å²) in [7, 11) is 0. The lowest BCUT2D eigenvalue weighted by molar-refractivity contribution is 0.618. The van der Waals surface area contributed by atoms with Gasteiger partial charge in [-0.25, -0.2) is 0 Å². The Morgan fingerprint density at radius 2 is 1.74 bits per heavy atom. The van der Waals surface area contributed by atoms with Crippen molar-refractivity contribution in [1.29, 1.82) is 0 Å². The van der Waals surface area contributed by atoms with Crippen LogP contribution in [0, 0.1) is 0 Å². The van der Waals surface area contributed by atoms with E-state index in [1.54, 1.807) is 0 Å². The summed E-state index contributed by atoms with van der Waals surface area (Å²) in [5, 5.41) is 3.49. The van der Waals surface area contributed by atoms with Crippen LogP contribution in [0.3, 0.4) is 0 Å². The normalized spacial score (nSPS) is 12.7. The largest absolute Gasteiger partial charge is 0.307 e. The highest BCUT2D eigenvalue weighted by atomic mass is 79.9. The fourth-order valence-electron chi connectivity index (χ4n) is 1.87. The van der Waals surface area contributed by atoms with Crippen LogP contribution >= 0.6 is 15.9 Å². The standard InChI is InChI=1S/C17H18BrN/c1-14(16-9-11-17(18)12-10-16)19-13-5-8-15-6-3-2-4-7-15/h2-12,14,19H,13H2,1H3/b8-5+/t14-/m0/s1. The SMILES string of the molecule is C[C@H](NC/C=C/c1ccccc1)c1ccc(Br)cc1. The summed E-state index contributed by atoms with van der Waals surface area (Å²) in [6.45, 7) is 3.05. The first-order chi connectivity index (χ1) is 9.25. The molecule has 2 rings (SSSR count). The first-order valence-electron chi connectivity index (χ1n) is 6.46. The van der Waals surface area contributed by atoms with Gasteiger partial charge in [-0.3, -0.25) is 0 Å². The molecule has 2 aromatic carbocycles. The van der Waals surface area contributed by atoms with E-state index in [0.29, 0.717) is 6.04 Å². The Kier molecular flexibility index (Phi) is 5.37. The lowest BCUT2D eigenvalue weighted by atomic mass is 10.1. The van der Waals surface area contributed by atoms with E-state index in [-0.39, 0.29) is 0 Å². The molecular formula is C17H18BrN. The minimum Gasteiger partial charge on any atom is -0.307 e. The molecular weight excluding hydrogens is 298 g/mol. The maximum atomic E-state index is 3.49. The fourth-order valence-corrected chi connectivity index (χ4v) is 2.14. The van der Waals surface area contributed by atoms with Crippen molar-refractivity contribution in [3.63, 3.8) is 0 Å². The molecule has 2 aromatic rings. The number of rotatable bonds is 5. The van der Waals surface area contributed by atoms with Gasteiger partial charge in [0.2, 0.25) is 0 Å². The van der Waals surface area contributed by atoms with Crippen molar-refractivity contribution < 1.29 is 0 Å². The fraction of sp³-hybridized carbons (Fsp3) is 0.176. The molecule has 98 valence electrons. The van der Waals surface area contributed by atoms with E-state index in [2.05, 4.69) is 88.9 Å². The number of nitrogens with one attached hydrogen (secondary N) is 1. The van der Waals surface area contributed by atoms with Gasteiger partial charge in [0.25, 0.3) is 0 Å². The molecule has 2 heteroatoms. The summed E-state index contributed by atoms with van der Waals surface area (Å²) in [6, 6.07) is 19.1. The second-order valence-corrected chi connectivity index (χ2v) is 5.41. The molecule has 0 aromatic heterocycles. The maximum absolute atomic E-state index is 3.49. The average molecular weight is 316 g/mol. The Balaban J connectivity index is 1.82. The summed E-state index contributed by atoms with van der Waals surface area (Å²) in [5.41, 5.74) is 2.54. The van der Waals surface area contributed by atoms with Crippen LogP contribution in [0.15, 0.2) is 65.1 Å². The Morgan fingerprint density at radius 1 is 1.05 bits per heavy atom. The van der Waals surface area contributed by atoms with Gasteiger partial charge in [-0.15, -0.1) is 0 Å². The first kappa shape index (κ1) is 14.0. The molecule has 0 radical (unpaired) electrons. The highest BCUT2D eigenvalue weighted by Crippen LogP contribution is 2.16. The third-order valence-electron chi connectivity index (χ3n) is 3.02. The van der Waals surface area contributed by atoms with Crippen molar-refractivity contribution in [3.8, 4) is 0 Å². The highest BCUT2D eigenvalue weighted by Gasteiger charge is 2.02. The predicted molar refractivity (Wildman–Crippen MR) is 86.0 cm³/mol. The topological polar surface area (TPSA) is 12.0 Å². The lowest BCUT2D eigenvalue weighted by Crippen LogP contribution is -2.18. The molecule has 1 nitrogen and oxygen atoms in total. The van der Waals surface area contributed by atoms with Crippen LogP contribution < -0.4 is 5.32 Å². The zero-order valence-corrected chi connectivity index (χ0v) is 12.6. The number of hydrogen-bond donors (Lipinski definition) is 1. The van der Waals surface area contributed by atoms with Crippen molar-refractivity contribution in [2.24, 2.45) is 0 Å². The molecule has 0 saturated heterocycles. The van der Waals surface area contributed by atoms with E-state index in [4.69, 9.17) is 0 Å². The van der Waals surface area contributed by atoms with E-state index in [1.807, 2.05) is 6.07 Å². The van der Waals surface area contributed by atoms with E-state index < -0.39 is 0 Å². The minimum atomic E-state index is 0.355. The van der Waals surface area contributed by atoms with Gasteiger partial charge in [-0.05, 0) is 30.2 Å². The highest BCUT2D eigenvalue weighted by molar-refractivity contribution is 9.10. The van der Waals surface area contributed by atoms with Crippen molar-refractivity contribution in [1.82, 2.24) is 5.32 Å². The van der Waals surface area contributed by atoms with Gasteiger partial charge < -0.3 is 5.32 Å². The molecule has 0 bridgehead atoms. The van der Waals surface area contributed by atoms with E-state index >= 15 is 0 Å². The van der Waals surface area contributed by atoms with Gasteiger partial charge in [-0.1, -0.05) is 70.5 Å². The Labute approximate surface area is 123 Å². The van der Waals surface area contributed by atoms with Crippen molar-refractivity contribution >= 4 is 22.0 Å². The molecule has 0 aliphatic heterocycles. The molecule has 0 saturated carbocycles. The Morgan fingerprint density at radius 3 is 2.42 bits per heavy atom. The van der Waals surface area contributed by atoms with Gasteiger partial charge in [0.05, 0.1) is 0 Å². The molecule has 1 atom stereocenters. The van der Waals surface area contributed by atoms with E-state index in [0.717, 1.165) is 11.0 Å². The summed E-state index contributed by atoms with van der Waals surface area (Å²) in [5.74, 6) is 0. The van der Waals surface area contributed by atoms with Gasteiger partial charge in [0.1, 0.15) is 0 Å². The Bertz CT molecular complexity index is 517. The number of benzene rings is 2. The van der Waals surface area contributed by atoms with Gasteiger partial charge in [-0.2, -0.15) is 0 Å². The second-order valence-electron chi connectivity index (χ2n) is 4.49. The zero-order chi connectivity index (χ0) is 13.5. The first-order valence-corrected chi connectivity index (χ1v) is 7.25. The molecule has 0 unspecified atom stereocenters. The Hall–Kier alpha value is -1.38. The molecule has 0 aliphatic carbocycles. The van der Waals surface area contributed by atoms with Crippen molar-refractivity contribution in [2.75, 3.05) is 6.54 Å². The molecule has 0 heterocycles. The van der Waals surface area contributed by atoms with Crippen LogP contribution in [-0.2, 0) is 0 Å². The van der Waals surface area contributed by atoms with E-state index in [9.17, 15) is 0 Å². The van der Waals surface area contributed by atoms with E-state index in [1.165, 1.54) is 11.1 Å². The summed E-state index contributed by atoms with van der Waals surface area (Å²) < 4.78 is 1.12. The lowest BCUT2D eigenvalue weighted by Gasteiger charge is -2.12. The molecule has 0 amide bonds. The molecule has 0 fully saturated rings. The van der Waals surface area contributed by atoms with Crippen LogP contribution in [0.5, 0.6) is 0 Å². The van der Waals surface area contributed by atoms with Gasteiger partial charge >= 0.3 is 0 Å². The monoisotopic (exact) mass is 315 g/mol. The van der Waals surface area contributed by atoms with Crippen molar-refractivity contribution in [2.45, 2.75) is 13.0 Å². The summed E-state index contributed by atoms with van der Waals surface area (Å²) >= 11 is 3.45. The number of hydrogen-bond acceptors (Lipinski definition) is 1. The smallest absolute Gasteiger partial charge is 0.0294 e. The van der Waals surface area contributed by atoms with Crippen LogP contribution in [0.2, 0.25) is 0 Å². The third-order valence-corrected chi connectivity index (χ3v) is 3.55. The van der Waals surface area contributed by atoms with Crippen LogP contribution in [0.4, 0.5) is 0 Å². The second kappa shape index (κ2) is 7.27. The summed E-state index contributed by atoms with van der Waals surface area (Å²) in [6.07, 6.45) is 4.30. The maximum Gasteiger partial charge on any atom is 0.0294 e. The molecule has 19 heavy (non-hydrogen) atoms. The average Bonchev–Trinajstić information content (AvgIpc) is 2.45. The summed E-state index contributed by atoms with van der Waals surface area (Å²) in [4.78, 5) is 0. The molecule has 0 spiro atoms. The van der Waals surface area contributed by atoms with Crippen molar-refractivity contribution in [3.05, 3.63) is 76.3 Å². The zero-order valence-electron chi connectivity index (χ0n) is 11.0. The van der Waals surface area contributed by atoms with Gasteiger partial charge in [0.15, 0.2) is 0 Å². The number of halogens is 1.